The number of carbonyl (C=O) groups is 4. The zero-order chi connectivity index (χ0) is 36.0. The van der Waals surface area contributed by atoms with E-state index in [0.717, 1.165) is 38.5 Å². The molecule has 3 atom stereocenters. The second-order valence-electron chi connectivity index (χ2n) is 13.6. The Bertz CT molecular complexity index is 1360. The number of carboxylic acids is 1. The third-order valence-electron chi connectivity index (χ3n) is 8.50. The van der Waals surface area contributed by atoms with Crippen LogP contribution < -0.4 is 11.1 Å². The van der Waals surface area contributed by atoms with Crippen LogP contribution in [0.1, 0.15) is 133 Å². The van der Waals surface area contributed by atoms with Crippen molar-refractivity contribution in [1.29, 1.82) is 0 Å². The van der Waals surface area contributed by atoms with Crippen molar-refractivity contribution in [3.8, 4) is 0 Å². The van der Waals surface area contributed by atoms with Crippen molar-refractivity contribution >= 4 is 40.8 Å². The number of carboxylic acid groups (broad SMARTS) is 1. The number of aliphatic carboxylic acids is 1. The molecule has 2 unspecified atom stereocenters. The highest BCUT2D eigenvalue weighted by Gasteiger charge is 2.34. The van der Waals surface area contributed by atoms with Gasteiger partial charge in [0.25, 0.3) is 5.91 Å². The molecule has 0 fully saturated rings. The molecule has 0 spiro atoms. The number of hydrogen-bond acceptors (Lipinski definition) is 8. The summed E-state index contributed by atoms with van der Waals surface area (Å²) in [7, 11) is 0. The molecule has 0 saturated heterocycles. The van der Waals surface area contributed by atoms with E-state index in [9.17, 15) is 28.7 Å². The summed E-state index contributed by atoms with van der Waals surface area (Å²) in [5, 5.41) is 14.6. The van der Waals surface area contributed by atoms with E-state index in [2.05, 4.69) is 24.1 Å². The molecule has 48 heavy (non-hydrogen) atoms. The Morgan fingerprint density at radius 2 is 1.79 bits per heavy atom. The Balaban J connectivity index is 2.36. The highest BCUT2D eigenvalue weighted by molar-refractivity contribution is 7.09. The molecule has 10 nitrogen and oxygen atoms in total. The molecule has 2 aromatic rings. The maximum atomic E-state index is 14.2. The fourth-order valence-electron chi connectivity index (χ4n) is 5.69. The van der Waals surface area contributed by atoms with Crippen molar-refractivity contribution in [1.82, 2.24) is 15.2 Å². The molecule has 0 radical (unpaired) electrons. The van der Waals surface area contributed by atoms with Gasteiger partial charge in [-0.05, 0) is 63.1 Å². The normalized spacial score (nSPS) is 13.5. The standard InChI is InChI=1S/C36H55FN4O6S/c1-8-10-12-13-17-41(32(43)14-11-9-2)30(23(3)4)20-31(47-24(5)42)34-40-29(22-48-34)33(44)39-26(21-36(6,7)35(45)46)18-25-15-16-28(38)27(37)19-25/h15-16,19,22-23,26,30-31H,8-14,17-18,20-21,38H2,1-7H3,(H,39,44)(H,45,46)/t26-,30?,31?/m0/s1. The van der Waals surface area contributed by atoms with Crippen molar-refractivity contribution in [2.75, 3.05) is 12.3 Å². The molecule has 0 aliphatic carbocycles. The number of amides is 2. The van der Waals surface area contributed by atoms with Gasteiger partial charge in [-0.1, -0.05) is 59.4 Å². The van der Waals surface area contributed by atoms with Crippen molar-refractivity contribution in [3.05, 3.63) is 45.7 Å². The van der Waals surface area contributed by atoms with Crippen LogP contribution in [-0.2, 0) is 25.5 Å². The number of rotatable bonds is 21. The number of benzene rings is 1. The highest BCUT2D eigenvalue weighted by atomic mass is 32.1. The first-order valence-electron chi connectivity index (χ1n) is 17.1. The molecule has 0 aliphatic rings. The number of nitrogens with one attached hydrogen (secondary N) is 1. The smallest absolute Gasteiger partial charge is 0.309 e. The summed E-state index contributed by atoms with van der Waals surface area (Å²) >= 11 is 1.18. The van der Waals surface area contributed by atoms with Gasteiger partial charge in [0, 0.05) is 43.8 Å². The molecule has 2 amide bonds. The van der Waals surface area contributed by atoms with Crippen LogP contribution in [0.15, 0.2) is 23.6 Å². The van der Waals surface area contributed by atoms with Gasteiger partial charge in [-0.25, -0.2) is 9.37 Å². The first-order valence-corrected chi connectivity index (χ1v) is 18.0. The van der Waals surface area contributed by atoms with Crippen molar-refractivity contribution < 1.29 is 33.4 Å². The predicted molar refractivity (Wildman–Crippen MR) is 187 cm³/mol. The lowest BCUT2D eigenvalue weighted by Gasteiger charge is -2.36. The zero-order valence-electron chi connectivity index (χ0n) is 29.6. The Hall–Kier alpha value is -3.54. The minimum Gasteiger partial charge on any atom is -0.481 e. The Morgan fingerprint density at radius 1 is 1.10 bits per heavy atom. The molecule has 2 rings (SSSR count). The van der Waals surface area contributed by atoms with Gasteiger partial charge in [-0.15, -0.1) is 11.3 Å². The summed E-state index contributed by atoms with van der Waals surface area (Å²) in [4.78, 5) is 57.7. The average Bonchev–Trinajstić information content (AvgIpc) is 3.50. The Morgan fingerprint density at radius 3 is 2.38 bits per heavy atom. The molecule has 4 N–H and O–H groups in total. The zero-order valence-corrected chi connectivity index (χ0v) is 30.5. The Kier molecular flexibility index (Phi) is 16.5. The molecule has 12 heteroatoms. The first kappa shape index (κ1) is 40.6. The summed E-state index contributed by atoms with van der Waals surface area (Å²) in [6.07, 6.45) is 6.04. The number of anilines is 1. The van der Waals surface area contributed by atoms with E-state index in [1.54, 1.807) is 25.3 Å². The second-order valence-corrected chi connectivity index (χ2v) is 14.5. The van der Waals surface area contributed by atoms with Gasteiger partial charge in [-0.2, -0.15) is 0 Å². The number of halogens is 1. The molecule has 1 aromatic heterocycles. The molecular weight excluding hydrogens is 635 g/mol. The number of nitrogens with two attached hydrogens (primary N) is 1. The van der Waals surface area contributed by atoms with Gasteiger partial charge in [-0.3, -0.25) is 19.2 Å². The number of ether oxygens (including phenoxy) is 1. The van der Waals surface area contributed by atoms with Crippen LogP contribution in [0.25, 0.3) is 0 Å². The quantitative estimate of drug-likeness (QED) is 0.0700. The van der Waals surface area contributed by atoms with Crippen LogP contribution in [0.3, 0.4) is 0 Å². The summed E-state index contributed by atoms with van der Waals surface area (Å²) in [6, 6.07) is 3.47. The van der Waals surface area contributed by atoms with Gasteiger partial charge >= 0.3 is 11.9 Å². The third kappa shape index (κ3) is 12.8. The molecule has 0 bridgehead atoms. The van der Waals surface area contributed by atoms with E-state index in [4.69, 9.17) is 10.5 Å². The number of thiazole rings is 1. The van der Waals surface area contributed by atoms with E-state index < -0.39 is 41.2 Å². The maximum Gasteiger partial charge on any atom is 0.309 e. The van der Waals surface area contributed by atoms with E-state index in [1.165, 1.54) is 30.4 Å². The lowest BCUT2D eigenvalue weighted by Crippen LogP contribution is -2.45. The highest BCUT2D eigenvalue weighted by Crippen LogP contribution is 2.32. The monoisotopic (exact) mass is 690 g/mol. The number of unbranched alkanes of at least 4 members (excludes halogenated alkanes) is 4. The van der Waals surface area contributed by atoms with Crippen molar-refractivity contribution in [3.63, 3.8) is 0 Å². The fraction of sp³-hybridized carbons (Fsp3) is 0.639. The Labute approximate surface area is 289 Å². The van der Waals surface area contributed by atoms with Crippen LogP contribution >= 0.6 is 11.3 Å². The first-order chi connectivity index (χ1) is 22.6. The van der Waals surface area contributed by atoms with E-state index in [0.29, 0.717) is 30.0 Å². The van der Waals surface area contributed by atoms with Gasteiger partial charge in [0.05, 0.1) is 11.1 Å². The lowest BCUT2D eigenvalue weighted by molar-refractivity contribution is -0.149. The van der Waals surface area contributed by atoms with Crippen LogP contribution in [0.4, 0.5) is 10.1 Å². The van der Waals surface area contributed by atoms with E-state index in [-0.39, 0.29) is 42.1 Å². The summed E-state index contributed by atoms with van der Waals surface area (Å²) < 4.78 is 20.0. The second kappa shape index (κ2) is 19.5. The largest absolute Gasteiger partial charge is 0.481 e. The van der Waals surface area contributed by atoms with Gasteiger partial charge in [0.2, 0.25) is 5.91 Å². The SMILES string of the molecule is CCCCCCN(C(=O)CCCC)C(CC(OC(C)=O)c1nc(C(=O)N[C@@H](Cc2ccc(N)c(F)c2)CC(C)(C)C(=O)O)cs1)C(C)C. The average molecular weight is 691 g/mol. The summed E-state index contributed by atoms with van der Waals surface area (Å²) in [6.45, 7) is 13.4. The van der Waals surface area contributed by atoms with Crippen molar-refractivity contribution in [2.24, 2.45) is 11.3 Å². The topological polar surface area (TPSA) is 152 Å². The number of carbonyl (C=O) groups excluding carboxylic acids is 3. The molecule has 268 valence electrons. The molecule has 0 saturated carbocycles. The summed E-state index contributed by atoms with van der Waals surface area (Å²) in [5.74, 6) is -2.50. The van der Waals surface area contributed by atoms with Gasteiger partial charge < -0.3 is 25.8 Å². The summed E-state index contributed by atoms with van der Waals surface area (Å²) in [5.41, 5.74) is 5.08. The van der Waals surface area contributed by atoms with Crippen LogP contribution in [0.2, 0.25) is 0 Å². The fourth-order valence-corrected chi connectivity index (χ4v) is 6.53. The lowest BCUT2D eigenvalue weighted by atomic mass is 9.84. The molecule has 1 aromatic carbocycles. The van der Waals surface area contributed by atoms with E-state index >= 15 is 0 Å². The molecular formula is C36H55FN4O6S. The van der Waals surface area contributed by atoms with Gasteiger partial charge in [0.15, 0.2) is 6.10 Å². The minimum absolute atomic E-state index is 0.00724. The number of esters is 1. The van der Waals surface area contributed by atoms with Crippen molar-refractivity contribution in [2.45, 2.75) is 131 Å². The number of nitrogens with zero attached hydrogens (tertiary/aromatic N) is 2. The number of aromatic nitrogens is 1. The number of hydrogen-bond donors (Lipinski definition) is 3. The van der Waals surface area contributed by atoms with E-state index in [1.807, 2.05) is 18.7 Å². The third-order valence-corrected chi connectivity index (χ3v) is 9.44. The minimum atomic E-state index is -1.18. The number of nitrogen functional groups attached to an aromatic ring is 1. The molecule has 0 aliphatic heterocycles. The maximum absolute atomic E-state index is 14.2. The predicted octanol–water partition coefficient (Wildman–Crippen LogP) is 7.32. The molecule has 1 heterocycles. The van der Waals surface area contributed by atoms with Crippen LogP contribution in [0.5, 0.6) is 0 Å². The van der Waals surface area contributed by atoms with Crippen LogP contribution in [0, 0.1) is 17.2 Å². The van der Waals surface area contributed by atoms with Gasteiger partial charge in [0.1, 0.15) is 16.5 Å². The van der Waals surface area contributed by atoms with Crippen LogP contribution in [-0.4, -0.2) is 57.4 Å².